The van der Waals surface area contributed by atoms with Gasteiger partial charge in [0.1, 0.15) is 10.6 Å². The van der Waals surface area contributed by atoms with Gasteiger partial charge in [-0.25, -0.2) is 4.98 Å². The van der Waals surface area contributed by atoms with E-state index in [1.165, 1.54) is 11.3 Å². The zero-order chi connectivity index (χ0) is 17.9. The Kier molecular flexibility index (Phi) is 4.33. The van der Waals surface area contributed by atoms with Gasteiger partial charge < -0.3 is 5.11 Å². The standard InChI is InChI=1S/C22H15NO2S/c24-17-11-8-15(9-12-17)10-13-19(25)21-20(16-5-2-1-3-6-16)18-7-4-14-23-22(18)26-21/h1-14,24H/b13-10+. The second-order valence-corrected chi connectivity index (χ2v) is 6.82. The average molecular weight is 357 g/mol. The highest BCUT2D eigenvalue weighted by atomic mass is 32.1. The molecular weight excluding hydrogens is 342 g/mol. The SMILES string of the molecule is O=C(/C=C/c1ccc(O)cc1)c1sc2ncccc2c1-c1ccccc1. The normalized spacial score (nSPS) is 11.2. The number of hydrogen-bond donors (Lipinski definition) is 1. The van der Waals surface area contributed by atoms with E-state index in [0.29, 0.717) is 4.88 Å². The van der Waals surface area contributed by atoms with E-state index in [1.54, 1.807) is 42.6 Å². The molecule has 4 aromatic rings. The number of phenols is 1. The molecule has 0 fully saturated rings. The number of pyridine rings is 1. The van der Waals surface area contributed by atoms with Gasteiger partial charge in [0, 0.05) is 17.1 Å². The van der Waals surface area contributed by atoms with E-state index in [4.69, 9.17) is 0 Å². The van der Waals surface area contributed by atoms with Gasteiger partial charge in [-0.05, 0) is 41.5 Å². The second kappa shape index (κ2) is 6.94. The number of allylic oxidation sites excluding steroid dienone is 1. The maximum atomic E-state index is 12.9. The van der Waals surface area contributed by atoms with Crippen LogP contribution >= 0.6 is 11.3 Å². The molecule has 126 valence electrons. The minimum absolute atomic E-state index is 0.0556. The number of carbonyl (C=O) groups is 1. The Morgan fingerprint density at radius 2 is 1.73 bits per heavy atom. The van der Waals surface area contributed by atoms with Gasteiger partial charge in [0.25, 0.3) is 0 Å². The lowest BCUT2D eigenvalue weighted by Crippen LogP contribution is -1.93. The van der Waals surface area contributed by atoms with Crippen LogP contribution in [-0.2, 0) is 0 Å². The van der Waals surface area contributed by atoms with Gasteiger partial charge in [-0.15, -0.1) is 11.3 Å². The van der Waals surface area contributed by atoms with Crippen LogP contribution in [0, 0.1) is 0 Å². The molecule has 0 aliphatic carbocycles. The van der Waals surface area contributed by atoms with Crippen molar-refractivity contribution in [3.63, 3.8) is 0 Å². The highest BCUT2D eigenvalue weighted by molar-refractivity contribution is 7.21. The third kappa shape index (κ3) is 3.15. The Morgan fingerprint density at radius 1 is 0.962 bits per heavy atom. The van der Waals surface area contributed by atoms with E-state index in [2.05, 4.69) is 4.98 Å². The Labute approximate surface area is 154 Å². The summed E-state index contributed by atoms with van der Waals surface area (Å²) < 4.78 is 0. The highest BCUT2D eigenvalue weighted by Gasteiger charge is 2.18. The van der Waals surface area contributed by atoms with Crippen molar-refractivity contribution in [1.29, 1.82) is 0 Å². The predicted molar refractivity (Wildman–Crippen MR) is 107 cm³/mol. The quantitative estimate of drug-likeness (QED) is 0.384. The number of aromatic hydroxyl groups is 1. The van der Waals surface area contributed by atoms with E-state index < -0.39 is 0 Å². The zero-order valence-corrected chi connectivity index (χ0v) is 14.6. The summed E-state index contributed by atoms with van der Waals surface area (Å²) in [6.07, 6.45) is 5.08. The molecular formula is C22H15NO2S. The number of carbonyl (C=O) groups excluding carboxylic acids is 1. The number of aromatic nitrogens is 1. The summed E-state index contributed by atoms with van der Waals surface area (Å²) in [6, 6.07) is 20.5. The second-order valence-electron chi connectivity index (χ2n) is 5.82. The Hall–Kier alpha value is -3.24. The number of ketones is 1. The van der Waals surface area contributed by atoms with Crippen LogP contribution < -0.4 is 0 Å². The number of benzene rings is 2. The van der Waals surface area contributed by atoms with Crippen molar-refractivity contribution in [2.45, 2.75) is 0 Å². The lowest BCUT2D eigenvalue weighted by Gasteiger charge is -2.02. The summed E-state index contributed by atoms with van der Waals surface area (Å²) in [5.41, 5.74) is 2.80. The van der Waals surface area contributed by atoms with Crippen molar-refractivity contribution in [2.75, 3.05) is 0 Å². The van der Waals surface area contributed by atoms with Crippen molar-refractivity contribution < 1.29 is 9.90 Å². The first-order valence-corrected chi connectivity index (χ1v) is 8.98. The van der Waals surface area contributed by atoms with Gasteiger partial charge in [0.05, 0.1) is 4.88 Å². The van der Waals surface area contributed by atoms with Gasteiger partial charge in [0.2, 0.25) is 0 Å². The average Bonchev–Trinajstić information content (AvgIpc) is 3.07. The first-order valence-electron chi connectivity index (χ1n) is 8.17. The Morgan fingerprint density at radius 3 is 2.50 bits per heavy atom. The molecule has 0 saturated heterocycles. The van der Waals surface area contributed by atoms with E-state index in [1.807, 2.05) is 42.5 Å². The number of phenolic OH excluding ortho intramolecular Hbond substituents is 1. The Balaban J connectivity index is 1.78. The summed E-state index contributed by atoms with van der Waals surface area (Å²) in [7, 11) is 0. The van der Waals surface area contributed by atoms with Crippen LogP contribution in [0.2, 0.25) is 0 Å². The summed E-state index contributed by atoms with van der Waals surface area (Å²) in [6.45, 7) is 0. The fraction of sp³-hybridized carbons (Fsp3) is 0. The van der Waals surface area contributed by atoms with Crippen LogP contribution in [-0.4, -0.2) is 15.9 Å². The molecule has 4 rings (SSSR count). The molecule has 2 aromatic carbocycles. The molecule has 0 spiro atoms. The lowest BCUT2D eigenvalue weighted by molar-refractivity contribution is 0.105. The monoisotopic (exact) mass is 357 g/mol. The first-order chi connectivity index (χ1) is 12.7. The minimum atomic E-state index is -0.0556. The van der Waals surface area contributed by atoms with Gasteiger partial charge in [-0.1, -0.05) is 48.5 Å². The third-order valence-electron chi connectivity index (χ3n) is 4.07. The molecule has 0 bridgehead atoms. The van der Waals surface area contributed by atoms with Crippen LogP contribution in [0.15, 0.2) is 79.0 Å². The molecule has 0 amide bonds. The summed E-state index contributed by atoms with van der Waals surface area (Å²) in [5.74, 6) is 0.148. The van der Waals surface area contributed by atoms with Crippen LogP contribution in [0.5, 0.6) is 5.75 Å². The topological polar surface area (TPSA) is 50.2 Å². The predicted octanol–water partition coefficient (Wildman–Crippen LogP) is 5.57. The van der Waals surface area contributed by atoms with Gasteiger partial charge in [-0.3, -0.25) is 4.79 Å². The number of thiophene rings is 1. The minimum Gasteiger partial charge on any atom is -0.508 e. The van der Waals surface area contributed by atoms with E-state index in [-0.39, 0.29) is 11.5 Å². The number of hydrogen-bond acceptors (Lipinski definition) is 4. The van der Waals surface area contributed by atoms with E-state index >= 15 is 0 Å². The number of rotatable bonds is 4. The molecule has 4 heteroatoms. The largest absolute Gasteiger partial charge is 0.508 e. The number of fused-ring (bicyclic) bond motifs is 1. The van der Waals surface area contributed by atoms with Gasteiger partial charge in [0.15, 0.2) is 5.78 Å². The summed E-state index contributed by atoms with van der Waals surface area (Å²) in [5, 5.41) is 10.3. The lowest BCUT2D eigenvalue weighted by atomic mass is 10.0. The molecule has 0 radical (unpaired) electrons. The summed E-state index contributed by atoms with van der Waals surface area (Å²) >= 11 is 1.41. The van der Waals surface area contributed by atoms with E-state index in [0.717, 1.165) is 26.9 Å². The van der Waals surface area contributed by atoms with Crippen molar-refractivity contribution in [3.05, 3.63) is 89.4 Å². The molecule has 1 N–H and O–H groups in total. The molecule has 2 aromatic heterocycles. The Bertz CT molecular complexity index is 1100. The van der Waals surface area contributed by atoms with Crippen LogP contribution in [0.25, 0.3) is 27.4 Å². The molecule has 3 nitrogen and oxygen atoms in total. The van der Waals surface area contributed by atoms with Gasteiger partial charge >= 0.3 is 0 Å². The van der Waals surface area contributed by atoms with Crippen molar-refractivity contribution in [3.8, 4) is 16.9 Å². The van der Waals surface area contributed by atoms with Crippen molar-refractivity contribution in [2.24, 2.45) is 0 Å². The first kappa shape index (κ1) is 16.2. The third-order valence-corrected chi connectivity index (χ3v) is 5.20. The fourth-order valence-corrected chi connectivity index (χ4v) is 3.92. The van der Waals surface area contributed by atoms with Gasteiger partial charge in [-0.2, -0.15) is 0 Å². The number of nitrogens with zero attached hydrogens (tertiary/aromatic N) is 1. The molecule has 0 atom stereocenters. The fourth-order valence-electron chi connectivity index (χ4n) is 2.83. The molecule has 0 aliphatic rings. The molecule has 2 heterocycles. The maximum Gasteiger partial charge on any atom is 0.196 e. The highest BCUT2D eigenvalue weighted by Crippen LogP contribution is 2.38. The zero-order valence-electron chi connectivity index (χ0n) is 13.8. The van der Waals surface area contributed by atoms with Crippen LogP contribution in [0.1, 0.15) is 15.2 Å². The van der Waals surface area contributed by atoms with Crippen molar-refractivity contribution in [1.82, 2.24) is 4.98 Å². The molecule has 26 heavy (non-hydrogen) atoms. The maximum absolute atomic E-state index is 12.9. The van der Waals surface area contributed by atoms with Crippen LogP contribution in [0.3, 0.4) is 0 Å². The van der Waals surface area contributed by atoms with Crippen LogP contribution in [0.4, 0.5) is 0 Å². The molecule has 0 saturated carbocycles. The molecule has 0 aliphatic heterocycles. The summed E-state index contributed by atoms with van der Waals surface area (Å²) in [4.78, 5) is 18.8. The van der Waals surface area contributed by atoms with Crippen molar-refractivity contribution >= 4 is 33.4 Å². The van der Waals surface area contributed by atoms with E-state index in [9.17, 15) is 9.90 Å². The smallest absolute Gasteiger partial charge is 0.196 e. The molecule has 0 unspecified atom stereocenters.